The number of fused-ring (bicyclic) bond motifs is 6. The molecule has 6 rings (SSSR count). The molecule has 9 nitrogen and oxygen atoms in total. The SMILES string of the molecule is CC[C@@]1(O)C(=O)OCc2c1cc1n(c2=O)Cc2c-1nc1cc3c(cc1c2CC[C@@H](C)O)OCO3. The number of aliphatic hydroxyl groups is 2. The van der Waals surface area contributed by atoms with Crippen molar-refractivity contribution in [3.63, 3.8) is 0 Å². The number of pyridine rings is 2. The van der Waals surface area contributed by atoms with Gasteiger partial charge in [0.05, 0.1) is 35.1 Å². The first-order chi connectivity index (χ1) is 16.3. The lowest BCUT2D eigenvalue weighted by atomic mass is 9.86. The zero-order valence-electron chi connectivity index (χ0n) is 18.9. The number of cyclic esters (lactones) is 1. The van der Waals surface area contributed by atoms with Crippen LogP contribution in [0.5, 0.6) is 11.5 Å². The summed E-state index contributed by atoms with van der Waals surface area (Å²) in [6.07, 6.45) is 0.721. The van der Waals surface area contributed by atoms with Crippen LogP contribution >= 0.6 is 0 Å². The van der Waals surface area contributed by atoms with Crippen molar-refractivity contribution in [3.8, 4) is 22.9 Å². The highest BCUT2D eigenvalue weighted by Gasteiger charge is 2.45. The van der Waals surface area contributed by atoms with Gasteiger partial charge in [0.15, 0.2) is 17.1 Å². The average molecular weight is 464 g/mol. The molecule has 2 atom stereocenters. The molecular formula is C25H24N2O7. The van der Waals surface area contributed by atoms with Crippen LogP contribution in [-0.4, -0.2) is 38.6 Å². The summed E-state index contributed by atoms with van der Waals surface area (Å²) >= 11 is 0. The second-order valence-corrected chi connectivity index (χ2v) is 9.13. The van der Waals surface area contributed by atoms with Crippen LogP contribution < -0.4 is 15.0 Å². The molecule has 0 bridgehead atoms. The number of carbonyl (C=O) groups is 1. The van der Waals surface area contributed by atoms with Gasteiger partial charge in [-0.25, -0.2) is 9.78 Å². The summed E-state index contributed by atoms with van der Waals surface area (Å²) in [6.45, 7) is 3.70. The van der Waals surface area contributed by atoms with Gasteiger partial charge in [0.1, 0.15) is 6.61 Å². The Morgan fingerprint density at radius 2 is 1.91 bits per heavy atom. The van der Waals surface area contributed by atoms with E-state index in [1.165, 1.54) is 0 Å². The lowest BCUT2D eigenvalue weighted by molar-refractivity contribution is -0.172. The Morgan fingerprint density at radius 3 is 2.65 bits per heavy atom. The summed E-state index contributed by atoms with van der Waals surface area (Å²) in [4.78, 5) is 30.8. The number of ether oxygens (including phenoxy) is 3. The molecule has 0 aliphatic carbocycles. The van der Waals surface area contributed by atoms with E-state index >= 15 is 0 Å². The summed E-state index contributed by atoms with van der Waals surface area (Å²) < 4.78 is 17.9. The zero-order chi connectivity index (χ0) is 23.8. The van der Waals surface area contributed by atoms with Crippen LogP contribution in [0.4, 0.5) is 0 Å². The molecule has 3 aliphatic rings. The Morgan fingerprint density at radius 1 is 1.15 bits per heavy atom. The van der Waals surface area contributed by atoms with Gasteiger partial charge in [0.2, 0.25) is 6.79 Å². The van der Waals surface area contributed by atoms with Gasteiger partial charge in [0, 0.05) is 22.6 Å². The summed E-state index contributed by atoms with van der Waals surface area (Å²) in [7, 11) is 0. The van der Waals surface area contributed by atoms with Crippen LogP contribution in [0.1, 0.15) is 48.9 Å². The van der Waals surface area contributed by atoms with E-state index in [1.54, 1.807) is 24.5 Å². The summed E-state index contributed by atoms with van der Waals surface area (Å²) in [5.74, 6) is 0.492. The Hall–Kier alpha value is -3.43. The Labute approximate surface area is 194 Å². The topological polar surface area (TPSA) is 120 Å². The van der Waals surface area contributed by atoms with Crippen LogP contribution in [0.15, 0.2) is 23.0 Å². The van der Waals surface area contributed by atoms with E-state index in [2.05, 4.69) is 0 Å². The second kappa shape index (κ2) is 7.28. The van der Waals surface area contributed by atoms with Gasteiger partial charge < -0.3 is 29.0 Å². The summed E-state index contributed by atoms with van der Waals surface area (Å²) in [5.41, 5.74) is 2.14. The first-order valence-electron chi connectivity index (χ1n) is 11.4. The number of hydrogen-bond acceptors (Lipinski definition) is 8. The first kappa shape index (κ1) is 21.1. The van der Waals surface area contributed by atoms with E-state index in [0.29, 0.717) is 47.8 Å². The third kappa shape index (κ3) is 2.83. The molecule has 1 aromatic carbocycles. The molecule has 3 aromatic rings. The van der Waals surface area contributed by atoms with Crippen LogP contribution in [0, 0.1) is 0 Å². The largest absolute Gasteiger partial charge is 0.458 e. The van der Waals surface area contributed by atoms with Crippen molar-refractivity contribution in [2.75, 3.05) is 6.79 Å². The third-order valence-corrected chi connectivity index (χ3v) is 7.11. The van der Waals surface area contributed by atoms with Crippen LogP contribution in [0.3, 0.4) is 0 Å². The van der Waals surface area contributed by atoms with Gasteiger partial charge in [0.25, 0.3) is 5.56 Å². The fraction of sp³-hybridized carbons (Fsp3) is 0.400. The maximum atomic E-state index is 13.5. The molecule has 0 amide bonds. The van der Waals surface area contributed by atoms with Crippen molar-refractivity contribution in [2.45, 2.75) is 58.0 Å². The number of hydrogen-bond donors (Lipinski definition) is 2. The molecule has 0 radical (unpaired) electrons. The normalized spacial score (nSPS) is 20.6. The minimum absolute atomic E-state index is 0.0862. The van der Waals surface area contributed by atoms with Gasteiger partial charge >= 0.3 is 5.97 Å². The Balaban J connectivity index is 1.62. The van der Waals surface area contributed by atoms with E-state index in [4.69, 9.17) is 19.2 Å². The molecule has 34 heavy (non-hydrogen) atoms. The third-order valence-electron chi connectivity index (χ3n) is 7.11. The Bertz CT molecular complexity index is 1440. The molecule has 176 valence electrons. The van der Waals surface area contributed by atoms with Gasteiger partial charge in [-0.05, 0) is 43.9 Å². The standard InChI is InChI=1S/C25H24N2O7/c1-3-25(31)17-7-19-22-15(9-27(19)23(29)16(17)10-32-24(25)30)13(5-4-12(2)28)14-6-20-21(34-11-33-20)8-18(14)26-22/h6-8,12,28,31H,3-5,9-11H2,1-2H3/t12-,25+/m1/s1. The number of aryl methyl sites for hydroxylation is 1. The molecule has 0 spiro atoms. The molecule has 0 unspecified atom stereocenters. The molecular weight excluding hydrogens is 440 g/mol. The fourth-order valence-electron chi connectivity index (χ4n) is 5.19. The summed E-state index contributed by atoms with van der Waals surface area (Å²) in [6, 6.07) is 5.43. The van der Waals surface area contributed by atoms with Gasteiger partial charge in [-0.2, -0.15) is 0 Å². The van der Waals surface area contributed by atoms with E-state index in [0.717, 1.165) is 16.5 Å². The molecule has 5 heterocycles. The lowest BCUT2D eigenvalue weighted by Gasteiger charge is -2.31. The zero-order valence-corrected chi connectivity index (χ0v) is 18.9. The van der Waals surface area contributed by atoms with Crippen LogP contribution in [0.2, 0.25) is 0 Å². The highest BCUT2D eigenvalue weighted by atomic mass is 16.7. The van der Waals surface area contributed by atoms with Crippen molar-refractivity contribution in [3.05, 3.63) is 50.8 Å². The first-order valence-corrected chi connectivity index (χ1v) is 11.4. The maximum absolute atomic E-state index is 13.5. The predicted molar refractivity (Wildman–Crippen MR) is 121 cm³/mol. The van der Waals surface area contributed by atoms with Crippen molar-refractivity contribution < 1.29 is 29.2 Å². The number of benzene rings is 1. The van der Waals surface area contributed by atoms with E-state index in [1.807, 2.05) is 12.1 Å². The smallest absolute Gasteiger partial charge is 0.343 e. The van der Waals surface area contributed by atoms with Crippen molar-refractivity contribution >= 4 is 16.9 Å². The van der Waals surface area contributed by atoms with E-state index in [9.17, 15) is 19.8 Å². The van der Waals surface area contributed by atoms with Gasteiger partial charge in [-0.15, -0.1) is 0 Å². The van der Waals surface area contributed by atoms with E-state index < -0.39 is 17.7 Å². The van der Waals surface area contributed by atoms with Gasteiger partial charge in [-0.1, -0.05) is 6.92 Å². The predicted octanol–water partition coefficient (Wildman–Crippen LogP) is 2.12. The molecule has 0 saturated heterocycles. The molecule has 9 heteroatoms. The molecule has 0 fully saturated rings. The number of aliphatic hydroxyl groups excluding tert-OH is 1. The van der Waals surface area contributed by atoms with Crippen LogP contribution in [0.25, 0.3) is 22.3 Å². The fourth-order valence-corrected chi connectivity index (χ4v) is 5.19. The quantitative estimate of drug-likeness (QED) is 0.441. The second-order valence-electron chi connectivity index (χ2n) is 9.13. The van der Waals surface area contributed by atoms with Crippen molar-refractivity contribution in [1.82, 2.24) is 9.55 Å². The van der Waals surface area contributed by atoms with Crippen LogP contribution in [-0.2, 0) is 34.7 Å². The van der Waals surface area contributed by atoms with E-state index in [-0.39, 0.29) is 36.5 Å². The number of rotatable bonds is 4. The van der Waals surface area contributed by atoms with Crippen molar-refractivity contribution in [2.24, 2.45) is 0 Å². The van der Waals surface area contributed by atoms with Gasteiger partial charge in [-0.3, -0.25) is 4.79 Å². The molecule has 3 aliphatic heterocycles. The number of carbonyl (C=O) groups excluding carboxylic acids is 1. The minimum Gasteiger partial charge on any atom is -0.458 e. The highest BCUT2D eigenvalue weighted by molar-refractivity contribution is 5.91. The highest BCUT2D eigenvalue weighted by Crippen LogP contribution is 2.43. The molecule has 2 aromatic heterocycles. The average Bonchev–Trinajstić information content (AvgIpc) is 3.42. The van der Waals surface area contributed by atoms with Crippen molar-refractivity contribution in [1.29, 1.82) is 0 Å². The summed E-state index contributed by atoms with van der Waals surface area (Å²) in [5, 5.41) is 21.9. The number of nitrogens with zero attached hydrogens (tertiary/aromatic N) is 2. The number of esters is 1. The molecule has 0 saturated carbocycles. The Kier molecular flexibility index (Phi) is 4.53. The lowest BCUT2D eigenvalue weighted by Crippen LogP contribution is -2.44. The molecule has 2 N–H and O–H groups in total. The minimum atomic E-state index is -1.87. The maximum Gasteiger partial charge on any atom is 0.343 e. The number of aromatic nitrogens is 2. The monoisotopic (exact) mass is 464 g/mol.